The Morgan fingerprint density at radius 3 is 2.55 bits per heavy atom. The van der Waals surface area contributed by atoms with Crippen LogP contribution in [-0.2, 0) is 16.1 Å². The van der Waals surface area contributed by atoms with Crippen LogP contribution in [0, 0.1) is 11.7 Å². The molecule has 1 saturated heterocycles. The van der Waals surface area contributed by atoms with Crippen LogP contribution in [0.4, 0.5) is 4.39 Å². The van der Waals surface area contributed by atoms with Crippen molar-refractivity contribution < 1.29 is 14.0 Å². The largest absolute Gasteiger partial charge is 0.355 e. The van der Waals surface area contributed by atoms with E-state index in [0.717, 1.165) is 18.4 Å². The van der Waals surface area contributed by atoms with Gasteiger partial charge >= 0.3 is 0 Å². The van der Waals surface area contributed by atoms with Gasteiger partial charge in [-0.05, 0) is 30.5 Å². The lowest BCUT2D eigenvalue weighted by atomic mass is 10.1. The zero-order chi connectivity index (χ0) is 14.1. The van der Waals surface area contributed by atoms with E-state index in [1.54, 1.807) is 12.1 Å². The number of halogens is 1. The third-order valence-electron chi connectivity index (χ3n) is 3.86. The summed E-state index contributed by atoms with van der Waals surface area (Å²) in [4.78, 5) is 25.6. The molecule has 0 radical (unpaired) electrons. The van der Waals surface area contributed by atoms with Crippen LogP contribution in [0.15, 0.2) is 24.3 Å². The number of hydrogen-bond acceptors (Lipinski definition) is 2. The lowest BCUT2D eigenvalue weighted by Crippen LogP contribution is -2.38. The molecule has 2 fully saturated rings. The molecular weight excluding hydrogens is 259 g/mol. The Morgan fingerprint density at radius 2 is 2.00 bits per heavy atom. The number of carbonyl (C=O) groups is 2. The maximum atomic E-state index is 12.9. The van der Waals surface area contributed by atoms with Crippen molar-refractivity contribution in [1.82, 2.24) is 10.2 Å². The number of rotatable bonds is 4. The van der Waals surface area contributed by atoms with E-state index in [0.29, 0.717) is 13.1 Å². The Bertz CT molecular complexity index is 525. The zero-order valence-corrected chi connectivity index (χ0v) is 11.1. The van der Waals surface area contributed by atoms with Crippen LogP contribution in [0.3, 0.4) is 0 Å². The molecule has 1 aromatic rings. The molecule has 0 aromatic heterocycles. The van der Waals surface area contributed by atoms with Crippen LogP contribution >= 0.6 is 0 Å². The monoisotopic (exact) mass is 276 g/mol. The zero-order valence-electron chi connectivity index (χ0n) is 11.1. The average Bonchev–Trinajstić information content (AvgIpc) is 3.19. The van der Waals surface area contributed by atoms with Gasteiger partial charge in [0.25, 0.3) is 0 Å². The number of hydrogen-bond donors (Lipinski definition) is 1. The Morgan fingerprint density at radius 1 is 1.30 bits per heavy atom. The quantitative estimate of drug-likeness (QED) is 0.905. The predicted molar refractivity (Wildman–Crippen MR) is 71.1 cm³/mol. The number of carbonyl (C=O) groups excluding carboxylic acids is 2. The van der Waals surface area contributed by atoms with Gasteiger partial charge in [0.05, 0.1) is 5.92 Å². The van der Waals surface area contributed by atoms with Gasteiger partial charge in [-0.1, -0.05) is 12.1 Å². The van der Waals surface area contributed by atoms with Crippen LogP contribution in [0.1, 0.15) is 24.8 Å². The van der Waals surface area contributed by atoms with Crippen LogP contribution in [0.2, 0.25) is 0 Å². The van der Waals surface area contributed by atoms with Gasteiger partial charge in [-0.3, -0.25) is 9.59 Å². The fourth-order valence-corrected chi connectivity index (χ4v) is 2.57. The molecule has 1 aliphatic carbocycles. The molecule has 1 saturated carbocycles. The normalized spacial score (nSPS) is 21.6. The molecule has 1 atom stereocenters. The lowest BCUT2D eigenvalue weighted by Gasteiger charge is -2.25. The van der Waals surface area contributed by atoms with Gasteiger partial charge in [0, 0.05) is 25.6 Å². The van der Waals surface area contributed by atoms with Gasteiger partial charge in [0.2, 0.25) is 11.8 Å². The molecule has 2 aliphatic rings. The van der Waals surface area contributed by atoms with Gasteiger partial charge in [-0.15, -0.1) is 0 Å². The summed E-state index contributed by atoms with van der Waals surface area (Å²) in [6, 6.07) is 6.51. The van der Waals surface area contributed by atoms with Crippen molar-refractivity contribution in [1.29, 1.82) is 0 Å². The summed E-state index contributed by atoms with van der Waals surface area (Å²) in [7, 11) is 0. The summed E-state index contributed by atoms with van der Waals surface area (Å²) in [6.07, 6.45) is 2.31. The van der Waals surface area contributed by atoms with Gasteiger partial charge in [-0.2, -0.15) is 0 Å². The Labute approximate surface area is 117 Å². The van der Waals surface area contributed by atoms with Crippen molar-refractivity contribution in [3.05, 3.63) is 35.6 Å². The summed E-state index contributed by atoms with van der Waals surface area (Å²) in [5, 5.41) is 2.70. The first-order valence-electron chi connectivity index (χ1n) is 6.95. The highest BCUT2D eigenvalue weighted by Crippen LogP contribution is 2.30. The van der Waals surface area contributed by atoms with Crippen molar-refractivity contribution in [3.63, 3.8) is 0 Å². The first kappa shape index (κ1) is 13.1. The van der Waals surface area contributed by atoms with E-state index in [2.05, 4.69) is 5.32 Å². The molecule has 1 aliphatic heterocycles. The highest BCUT2D eigenvalue weighted by Gasteiger charge is 2.38. The van der Waals surface area contributed by atoms with E-state index >= 15 is 0 Å². The number of benzene rings is 1. The van der Waals surface area contributed by atoms with Crippen molar-refractivity contribution in [2.45, 2.75) is 31.8 Å². The Kier molecular flexibility index (Phi) is 3.42. The number of amides is 2. The molecule has 2 amide bonds. The fraction of sp³-hybridized carbons (Fsp3) is 0.467. The standard InChI is InChI=1S/C15H17FN2O2/c16-12-3-1-10(2-4-12)9-18(13-5-6-13)15(20)11-7-14(19)17-8-11/h1-4,11,13H,5-9H2,(H,17,19). The summed E-state index contributed by atoms with van der Waals surface area (Å²) in [5.74, 6) is -0.539. The molecule has 1 heterocycles. The molecule has 20 heavy (non-hydrogen) atoms. The topological polar surface area (TPSA) is 49.4 Å². The number of nitrogens with zero attached hydrogens (tertiary/aromatic N) is 1. The molecule has 106 valence electrons. The van der Waals surface area contributed by atoms with Crippen molar-refractivity contribution in [3.8, 4) is 0 Å². The van der Waals surface area contributed by atoms with Gasteiger partial charge < -0.3 is 10.2 Å². The summed E-state index contributed by atoms with van der Waals surface area (Å²) in [5.41, 5.74) is 0.920. The van der Waals surface area contributed by atoms with E-state index in [4.69, 9.17) is 0 Å². The molecule has 1 N–H and O–H groups in total. The van der Waals surface area contributed by atoms with E-state index < -0.39 is 0 Å². The SMILES string of the molecule is O=C1CC(C(=O)N(Cc2ccc(F)cc2)C2CC2)CN1. The van der Waals surface area contributed by atoms with Crippen LogP contribution in [-0.4, -0.2) is 29.3 Å². The van der Waals surface area contributed by atoms with E-state index in [1.165, 1.54) is 12.1 Å². The smallest absolute Gasteiger partial charge is 0.228 e. The van der Waals surface area contributed by atoms with Crippen LogP contribution in [0.5, 0.6) is 0 Å². The van der Waals surface area contributed by atoms with Crippen LogP contribution in [0.25, 0.3) is 0 Å². The highest BCUT2D eigenvalue weighted by atomic mass is 19.1. The van der Waals surface area contributed by atoms with Gasteiger partial charge in [0.15, 0.2) is 0 Å². The second-order valence-electron chi connectivity index (χ2n) is 5.53. The van der Waals surface area contributed by atoms with E-state index in [9.17, 15) is 14.0 Å². The van der Waals surface area contributed by atoms with Gasteiger partial charge in [0.1, 0.15) is 5.82 Å². The predicted octanol–water partition coefficient (Wildman–Crippen LogP) is 1.45. The second-order valence-corrected chi connectivity index (χ2v) is 5.53. The van der Waals surface area contributed by atoms with Gasteiger partial charge in [-0.25, -0.2) is 4.39 Å². The molecule has 3 rings (SSSR count). The minimum atomic E-state index is -0.274. The molecular formula is C15H17FN2O2. The maximum Gasteiger partial charge on any atom is 0.228 e. The first-order valence-corrected chi connectivity index (χ1v) is 6.95. The van der Waals surface area contributed by atoms with Crippen molar-refractivity contribution in [2.75, 3.05) is 6.54 Å². The molecule has 1 aromatic carbocycles. The average molecular weight is 276 g/mol. The molecule has 0 bridgehead atoms. The second kappa shape index (κ2) is 5.23. The van der Waals surface area contributed by atoms with Crippen molar-refractivity contribution in [2.24, 2.45) is 5.92 Å². The van der Waals surface area contributed by atoms with E-state index in [-0.39, 0.29) is 36.0 Å². The summed E-state index contributed by atoms with van der Waals surface area (Å²) >= 11 is 0. The Hall–Kier alpha value is -1.91. The molecule has 5 heteroatoms. The minimum absolute atomic E-state index is 0.0372. The lowest BCUT2D eigenvalue weighted by molar-refractivity contribution is -0.137. The minimum Gasteiger partial charge on any atom is -0.355 e. The third-order valence-corrected chi connectivity index (χ3v) is 3.86. The first-order chi connectivity index (χ1) is 9.63. The summed E-state index contributed by atoms with van der Waals surface area (Å²) in [6.45, 7) is 0.929. The van der Waals surface area contributed by atoms with Crippen molar-refractivity contribution >= 4 is 11.8 Å². The number of nitrogens with one attached hydrogen (secondary N) is 1. The van der Waals surface area contributed by atoms with E-state index in [1.807, 2.05) is 4.90 Å². The highest BCUT2D eigenvalue weighted by molar-refractivity contribution is 5.89. The summed E-state index contributed by atoms with van der Waals surface area (Å²) < 4.78 is 12.9. The molecule has 4 nitrogen and oxygen atoms in total. The maximum absolute atomic E-state index is 12.9. The molecule has 1 unspecified atom stereocenters. The molecule has 0 spiro atoms. The Balaban J connectivity index is 1.70. The third kappa shape index (κ3) is 2.81. The fourth-order valence-electron chi connectivity index (χ4n) is 2.57. The van der Waals surface area contributed by atoms with Crippen LogP contribution < -0.4 is 5.32 Å².